The lowest BCUT2D eigenvalue weighted by Gasteiger charge is -2.05. The van der Waals surface area contributed by atoms with Crippen molar-refractivity contribution in [3.8, 4) is 0 Å². The minimum absolute atomic E-state index is 0.352. The molecule has 0 bridgehead atoms. The molecule has 5 heteroatoms. The van der Waals surface area contributed by atoms with E-state index in [2.05, 4.69) is 27.6 Å². The zero-order chi connectivity index (χ0) is 11.9. The van der Waals surface area contributed by atoms with E-state index in [0.29, 0.717) is 11.4 Å². The van der Waals surface area contributed by atoms with E-state index in [1.165, 1.54) is 7.11 Å². The summed E-state index contributed by atoms with van der Waals surface area (Å²) in [5, 5.41) is 0. The summed E-state index contributed by atoms with van der Waals surface area (Å²) >= 11 is 2.20. The molecule has 0 radical (unpaired) electrons. The summed E-state index contributed by atoms with van der Waals surface area (Å²) in [7, 11) is 1.38. The molecule has 0 aromatic carbocycles. The van der Waals surface area contributed by atoms with Gasteiger partial charge in [0.2, 0.25) is 0 Å². The number of pyridine rings is 1. The third kappa shape index (κ3) is 1.59. The smallest absolute Gasteiger partial charge is 0.356 e. The number of halogens is 1. The monoisotopic (exact) mass is 330 g/mol. The summed E-state index contributed by atoms with van der Waals surface area (Å²) in [5.74, 6) is -0.352. The van der Waals surface area contributed by atoms with E-state index < -0.39 is 0 Å². The number of hydrogen-bond donors (Lipinski definition) is 0. The molecular formula is C11H11IN2O2. The number of esters is 1. The van der Waals surface area contributed by atoms with Gasteiger partial charge in [0, 0.05) is 5.69 Å². The first-order chi connectivity index (χ1) is 7.56. The van der Waals surface area contributed by atoms with E-state index in [-0.39, 0.29) is 5.97 Å². The molecule has 4 nitrogen and oxygen atoms in total. The molecule has 0 N–H and O–H groups in total. The zero-order valence-corrected chi connectivity index (χ0v) is 11.4. The van der Waals surface area contributed by atoms with Crippen molar-refractivity contribution in [1.29, 1.82) is 0 Å². The van der Waals surface area contributed by atoms with Crippen molar-refractivity contribution < 1.29 is 9.53 Å². The van der Waals surface area contributed by atoms with Gasteiger partial charge in [-0.2, -0.15) is 0 Å². The zero-order valence-electron chi connectivity index (χ0n) is 9.24. The Morgan fingerprint density at radius 3 is 2.75 bits per heavy atom. The molecule has 2 rings (SSSR count). The Bertz CT molecular complexity index is 575. The molecule has 0 saturated heterocycles. The predicted molar refractivity (Wildman–Crippen MR) is 68.7 cm³/mol. The van der Waals surface area contributed by atoms with Crippen LogP contribution in [-0.4, -0.2) is 22.5 Å². The molecular weight excluding hydrogens is 319 g/mol. The molecule has 0 atom stereocenters. The Balaban J connectivity index is 2.88. The highest BCUT2D eigenvalue weighted by molar-refractivity contribution is 14.1. The van der Waals surface area contributed by atoms with Crippen molar-refractivity contribution in [3.63, 3.8) is 0 Å². The number of nitrogens with zero attached hydrogens (tertiary/aromatic N) is 2. The molecule has 0 aliphatic carbocycles. The molecule has 2 aromatic heterocycles. The number of rotatable bonds is 1. The number of aromatic nitrogens is 2. The predicted octanol–water partition coefficient (Wildman–Crippen LogP) is 2.34. The van der Waals surface area contributed by atoms with Crippen LogP contribution in [0.1, 0.15) is 21.9 Å². The quantitative estimate of drug-likeness (QED) is 0.595. The number of ether oxygens (including phenoxy) is 1. The van der Waals surface area contributed by atoms with Gasteiger partial charge in [0.05, 0.1) is 16.4 Å². The number of aryl methyl sites for hydroxylation is 2. The Morgan fingerprint density at radius 2 is 2.12 bits per heavy atom. The normalized spacial score (nSPS) is 10.8. The Hall–Kier alpha value is -1.11. The summed E-state index contributed by atoms with van der Waals surface area (Å²) in [4.78, 5) is 16.1. The van der Waals surface area contributed by atoms with Crippen LogP contribution >= 0.6 is 22.6 Å². The Kier molecular flexibility index (Phi) is 2.88. The largest absolute Gasteiger partial charge is 0.464 e. The van der Waals surface area contributed by atoms with Gasteiger partial charge in [-0.15, -0.1) is 0 Å². The van der Waals surface area contributed by atoms with Crippen LogP contribution < -0.4 is 0 Å². The van der Waals surface area contributed by atoms with Gasteiger partial charge in [-0.05, 0) is 48.6 Å². The van der Waals surface area contributed by atoms with Crippen LogP contribution in [-0.2, 0) is 4.74 Å². The molecule has 0 unspecified atom stereocenters. The van der Waals surface area contributed by atoms with Crippen molar-refractivity contribution in [2.24, 2.45) is 0 Å². The van der Waals surface area contributed by atoms with E-state index >= 15 is 0 Å². The topological polar surface area (TPSA) is 43.6 Å². The first kappa shape index (κ1) is 11.4. The fourth-order valence-electron chi connectivity index (χ4n) is 1.71. The van der Waals surface area contributed by atoms with Gasteiger partial charge in [-0.25, -0.2) is 9.78 Å². The fourth-order valence-corrected chi connectivity index (χ4v) is 2.25. The van der Waals surface area contributed by atoms with Crippen LogP contribution in [0.25, 0.3) is 5.65 Å². The highest BCUT2D eigenvalue weighted by Crippen LogP contribution is 2.20. The van der Waals surface area contributed by atoms with Crippen LogP contribution in [0.3, 0.4) is 0 Å². The van der Waals surface area contributed by atoms with Gasteiger partial charge < -0.3 is 4.74 Å². The molecule has 0 fully saturated rings. The van der Waals surface area contributed by atoms with Gasteiger partial charge in [0.15, 0.2) is 11.3 Å². The van der Waals surface area contributed by atoms with E-state index in [9.17, 15) is 4.79 Å². The lowest BCUT2D eigenvalue weighted by molar-refractivity contribution is 0.0591. The summed E-state index contributed by atoms with van der Waals surface area (Å²) in [6.45, 7) is 3.76. The van der Waals surface area contributed by atoms with Crippen LogP contribution in [0.2, 0.25) is 0 Å². The first-order valence-corrected chi connectivity index (χ1v) is 5.86. The lowest BCUT2D eigenvalue weighted by atomic mass is 10.3. The fraction of sp³-hybridized carbons (Fsp3) is 0.273. The number of imidazole rings is 1. The molecule has 0 aliphatic heterocycles. The van der Waals surface area contributed by atoms with Gasteiger partial charge >= 0.3 is 5.97 Å². The average Bonchev–Trinajstić information content (AvgIpc) is 2.61. The van der Waals surface area contributed by atoms with Crippen LogP contribution in [0, 0.1) is 17.4 Å². The third-order valence-corrected chi connectivity index (χ3v) is 3.31. The van der Waals surface area contributed by atoms with Crippen LogP contribution in [0.15, 0.2) is 12.1 Å². The van der Waals surface area contributed by atoms with E-state index in [1.54, 1.807) is 0 Å². The van der Waals surface area contributed by atoms with Gasteiger partial charge in [0.1, 0.15) is 0 Å². The molecule has 2 aromatic rings. The van der Waals surface area contributed by atoms with Gasteiger partial charge in [-0.1, -0.05) is 0 Å². The highest BCUT2D eigenvalue weighted by Gasteiger charge is 2.19. The summed E-state index contributed by atoms with van der Waals surface area (Å²) in [5.41, 5.74) is 2.97. The molecule has 16 heavy (non-hydrogen) atoms. The maximum absolute atomic E-state index is 11.7. The summed E-state index contributed by atoms with van der Waals surface area (Å²) in [6.07, 6.45) is 0. The second-order valence-electron chi connectivity index (χ2n) is 3.52. The van der Waals surface area contributed by atoms with Crippen LogP contribution in [0.5, 0.6) is 0 Å². The maximum atomic E-state index is 11.7. The third-order valence-electron chi connectivity index (χ3n) is 2.47. The minimum Gasteiger partial charge on any atom is -0.464 e. The minimum atomic E-state index is -0.352. The van der Waals surface area contributed by atoms with Crippen molar-refractivity contribution in [2.45, 2.75) is 13.8 Å². The summed E-state index contributed by atoms with van der Waals surface area (Å²) < 4.78 is 7.63. The number of methoxy groups -OCH3 is 1. The average molecular weight is 330 g/mol. The van der Waals surface area contributed by atoms with E-state index in [0.717, 1.165) is 14.9 Å². The second kappa shape index (κ2) is 4.04. The van der Waals surface area contributed by atoms with E-state index in [4.69, 9.17) is 4.74 Å². The summed E-state index contributed by atoms with van der Waals surface area (Å²) in [6, 6.07) is 3.95. The van der Waals surface area contributed by atoms with Crippen molar-refractivity contribution in [1.82, 2.24) is 9.38 Å². The maximum Gasteiger partial charge on any atom is 0.356 e. The number of carbonyl (C=O) groups excluding carboxylic acids is 1. The van der Waals surface area contributed by atoms with Crippen molar-refractivity contribution in [3.05, 3.63) is 32.8 Å². The Morgan fingerprint density at radius 1 is 1.44 bits per heavy atom. The van der Waals surface area contributed by atoms with Gasteiger partial charge in [0.25, 0.3) is 0 Å². The van der Waals surface area contributed by atoms with Crippen molar-refractivity contribution in [2.75, 3.05) is 7.11 Å². The first-order valence-electron chi connectivity index (χ1n) is 4.78. The number of fused-ring (bicyclic) bond motifs is 1. The van der Waals surface area contributed by atoms with Gasteiger partial charge in [-0.3, -0.25) is 4.40 Å². The molecule has 2 heterocycles. The lowest BCUT2D eigenvalue weighted by Crippen LogP contribution is -2.08. The molecule has 0 amide bonds. The molecule has 0 aliphatic rings. The SMILES string of the molecule is COC(=O)c1c(C)nc2c(I)ccc(C)n12. The number of hydrogen-bond acceptors (Lipinski definition) is 3. The molecule has 84 valence electrons. The molecule has 0 spiro atoms. The Labute approximate surface area is 107 Å². The molecule has 0 saturated carbocycles. The number of carbonyl (C=O) groups is 1. The standard InChI is InChI=1S/C11H11IN2O2/c1-6-4-5-8(12)10-13-7(2)9(14(6)10)11(15)16-3/h4-5H,1-3H3. The van der Waals surface area contributed by atoms with Crippen LogP contribution in [0.4, 0.5) is 0 Å². The second-order valence-corrected chi connectivity index (χ2v) is 4.68. The highest BCUT2D eigenvalue weighted by atomic mass is 127. The van der Waals surface area contributed by atoms with E-state index in [1.807, 2.05) is 30.4 Å². The van der Waals surface area contributed by atoms with Crippen molar-refractivity contribution >= 4 is 34.2 Å².